The first-order chi connectivity index (χ1) is 9.12. The molecule has 0 saturated carbocycles. The van der Waals surface area contributed by atoms with Gasteiger partial charge in [-0.1, -0.05) is 47.6 Å². The molecule has 1 rings (SSSR count). The van der Waals surface area contributed by atoms with E-state index in [1.54, 1.807) is 0 Å². The second-order valence-corrected chi connectivity index (χ2v) is 6.14. The van der Waals surface area contributed by atoms with Crippen molar-refractivity contribution < 1.29 is 4.79 Å². The highest BCUT2D eigenvalue weighted by Crippen LogP contribution is 2.28. The second-order valence-electron chi connectivity index (χ2n) is 4.82. The molecule has 0 aliphatic carbocycles. The number of rotatable bonds is 8. The number of nitrogens with zero attached hydrogens (tertiary/aromatic N) is 2. The van der Waals surface area contributed by atoms with Crippen molar-refractivity contribution >= 4 is 33.4 Å². The SMILES string of the molecule is CCCc1nnsc1C(=O)NCC(CC)(CC)CBr. The molecular weight excluding hydrogens is 326 g/mol. The van der Waals surface area contributed by atoms with E-state index >= 15 is 0 Å². The Morgan fingerprint density at radius 3 is 2.58 bits per heavy atom. The number of amides is 1. The van der Waals surface area contributed by atoms with E-state index in [0.29, 0.717) is 11.4 Å². The number of hydrogen-bond acceptors (Lipinski definition) is 4. The lowest BCUT2D eigenvalue weighted by atomic mass is 9.84. The zero-order valence-corrected chi connectivity index (χ0v) is 14.2. The predicted molar refractivity (Wildman–Crippen MR) is 83.0 cm³/mol. The minimum Gasteiger partial charge on any atom is -0.351 e. The Balaban J connectivity index is 2.67. The molecule has 1 aromatic heterocycles. The van der Waals surface area contributed by atoms with Crippen LogP contribution in [0.15, 0.2) is 0 Å². The smallest absolute Gasteiger partial charge is 0.264 e. The normalized spacial score (nSPS) is 11.6. The number of carbonyl (C=O) groups excluding carboxylic acids is 1. The number of hydrogen-bond donors (Lipinski definition) is 1. The Morgan fingerprint density at radius 1 is 1.37 bits per heavy atom. The number of aromatic nitrogens is 2. The van der Waals surface area contributed by atoms with Gasteiger partial charge in [0.1, 0.15) is 4.88 Å². The number of carbonyl (C=O) groups is 1. The largest absolute Gasteiger partial charge is 0.351 e. The van der Waals surface area contributed by atoms with Crippen LogP contribution in [0.2, 0.25) is 0 Å². The first-order valence-corrected chi connectivity index (χ1v) is 8.67. The number of aryl methyl sites for hydroxylation is 1. The quantitative estimate of drug-likeness (QED) is 0.733. The molecule has 1 N–H and O–H groups in total. The molecule has 1 aromatic rings. The first-order valence-electron chi connectivity index (χ1n) is 6.77. The van der Waals surface area contributed by atoms with Crippen LogP contribution in [0.3, 0.4) is 0 Å². The van der Waals surface area contributed by atoms with Crippen molar-refractivity contribution in [3.63, 3.8) is 0 Å². The summed E-state index contributed by atoms with van der Waals surface area (Å²) in [6.45, 7) is 7.08. The van der Waals surface area contributed by atoms with Gasteiger partial charge in [0.05, 0.1) is 5.69 Å². The highest BCUT2D eigenvalue weighted by atomic mass is 79.9. The molecule has 0 aliphatic rings. The third-order valence-electron chi connectivity index (χ3n) is 3.66. The predicted octanol–water partition coefficient (Wildman–Crippen LogP) is 3.42. The highest BCUT2D eigenvalue weighted by Gasteiger charge is 2.26. The summed E-state index contributed by atoms with van der Waals surface area (Å²) >= 11 is 4.74. The number of halogens is 1. The minimum atomic E-state index is -0.0364. The van der Waals surface area contributed by atoms with E-state index < -0.39 is 0 Å². The monoisotopic (exact) mass is 347 g/mol. The van der Waals surface area contributed by atoms with Crippen LogP contribution in [-0.4, -0.2) is 27.4 Å². The van der Waals surface area contributed by atoms with Gasteiger partial charge in [-0.25, -0.2) is 0 Å². The molecule has 6 heteroatoms. The van der Waals surface area contributed by atoms with Gasteiger partial charge in [-0.05, 0) is 36.2 Å². The van der Waals surface area contributed by atoms with Crippen LogP contribution in [0, 0.1) is 5.41 Å². The van der Waals surface area contributed by atoms with E-state index in [1.807, 2.05) is 0 Å². The average molecular weight is 348 g/mol. The van der Waals surface area contributed by atoms with Gasteiger partial charge in [-0.2, -0.15) is 0 Å². The van der Waals surface area contributed by atoms with Crippen LogP contribution < -0.4 is 5.32 Å². The Kier molecular flexibility index (Phi) is 6.93. The van der Waals surface area contributed by atoms with Gasteiger partial charge < -0.3 is 5.32 Å². The molecule has 1 heterocycles. The zero-order chi connectivity index (χ0) is 14.3. The Hall–Kier alpha value is -0.490. The van der Waals surface area contributed by atoms with E-state index in [0.717, 1.165) is 36.7 Å². The highest BCUT2D eigenvalue weighted by molar-refractivity contribution is 9.09. The third-order valence-corrected chi connectivity index (χ3v) is 5.61. The van der Waals surface area contributed by atoms with Crippen LogP contribution in [0.5, 0.6) is 0 Å². The van der Waals surface area contributed by atoms with E-state index in [4.69, 9.17) is 0 Å². The molecule has 0 unspecified atom stereocenters. The summed E-state index contributed by atoms with van der Waals surface area (Å²) in [6, 6.07) is 0. The molecule has 0 spiro atoms. The lowest BCUT2D eigenvalue weighted by molar-refractivity contribution is 0.0935. The maximum Gasteiger partial charge on any atom is 0.264 e. The van der Waals surface area contributed by atoms with Gasteiger partial charge in [0.2, 0.25) is 0 Å². The van der Waals surface area contributed by atoms with Crippen molar-refractivity contribution in [2.24, 2.45) is 5.41 Å². The Morgan fingerprint density at radius 2 is 2.05 bits per heavy atom. The fourth-order valence-corrected chi connectivity index (χ4v) is 3.48. The minimum absolute atomic E-state index is 0.0364. The van der Waals surface area contributed by atoms with Gasteiger partial charge in [0, 0.05) is 11.9 Å². The molecule has 0 fully saturated rings. The summed E-state index contributed by atoms with van der Waals surface area (Å²) in [5.41, 5.74) is 0.959. The van der Waals surface area contributed by atoms with Gasteiger partial charge in [0.15, 0.2) is 0 Å². The molecule has 0 atom stereocenters. The molecule has 0 aromatic carbocycles. The summed E-state index contributed by atoms with van der Waals surface area (Å²) in [5, 5.41) is 7.97. The van der Waals surface area contributed by atoms with Crippen molar-refractivity contribution in [2.45, 2.75) is 46.5 Å². The van der Waals surface area contributed by atoms with Gasteiger partial charge in [-0.3, -0.25) is 4.79 Å². The average Bonchev–Trinajstić information content (AvgIpc) is 2.89. The summed E-state index contributed by atoms with van der Waals surface area (Å²) < 4.78 is 3.89. The lowest BCUT2D eigenvalue weighted by Crippen LogP contribution is -2.38. The van der Waals surface area contributed by atoms with Gasteiger partial charge >= 0.3 is 0 Å². The third kappa shape index (κ3) is 4.24. The van der Waals surface area contributed by atoms with Crippen molar-refractivity contribution in [1.82, 2.24) is 14.9 Å². The van der Waals surface area contributed by atoms with Crippen molar-refractivity contribution in [1.29, 1.82) is 0 Å². The molecule has 0 radical (unpaired) electrons. The molecule has 4 nitrogen and oxygen atoms in total. The molecule has 0 bridgehead atoms. The molecular formula is C13H22BrN3OS. The fourth-order valence-electron chi connectivity index (χ4n) is 1.87. The van der Waals surface area contributed by atoms with Crippen LogP contribution in [0.1, 0.15) is 55.4 Å². The van der Waals surface area contributed by atoms with Crippen LogP contribution >= 0.6 is 27.5 Å². The topological polar surface area (TPSA) is 54.9 Å². The standard InChI is InChI=1S/C13H22BrN3OS/c1-4-7-10-11(19-17-16-10)12(18)15-9-13(5-2,6-3)8-14/h4-9H2,1-3H3,(H,15,18). The second kappa shape index (κ2) is 7.94. The molecule has 1 amide bonds. The number of nitrogens with one attached hydrogen (secondary N) is 1. The first kappa shape index (κ1) is 16.6. The maximum atomic E-state index is 12.2. The lowest BCUT2D eigenvalue weighted by Gasteiger charge is -2.29. The molecule has 0 saturated heterocycles. The molecule has 108 valence electrons. The van der Waals surface area contributed by atoms with E-state index in [1.165, 1.54) is 11.5 Å². The van der Waals surface area contributed by atoms with E-state index in [-0.39, 0.29) is 11.3 Å². The van der Waals surface area contributed by atoms with Gasteiger partial charge in [-0.15, -0.1) is 5.10 Å². The van der Waals surface area contributed by atoms with E-state index in [9.17, 15) is 4.79 Å². The maximum absolute atomic E-state index is 12.2. The van der Waals surface area contributed by atoms with Crippen LogP contribution in [0.25, 0.3) is 0 Å². The van der Waals surface area contributed by atoms with Crippen molar-refractivity contribution in [3.05, 3.63) is 10.6 Å². The summed E-state index contributed by atoms with van der Waals surface area (Å²) in [4.78, 5) is 12.9. The van der Waals surface area contributed by atoms with Crippen molar-refractivity contribution in [3.8, 4) is 0 Å². The Labute approximate surface area is 127 Å². The van der Waals surface area contributed by atoms with Crippen LogP contribution in [0.4, 0.5) is 0 Å². The molecule has 19 heavy (non-hydrogen) atoms. The van der Waals surface area contributed by atoms with E-state index in [2.05, 4.69) is 51.6 Å². The zero-order valence-electron chi connectivity index (χ0n) is 11.8. The van der Waals surface area contributed by atoms with Crippen molar-refractivity contribution in [2.75, 3.05) is 11.9 Å². The molecule has 0 aliphatic heterocycles. The summed E-state index contributed by atoms with van der Waals surface area (Å²) in [5.74, 6) is -0.0364. The van der Waals surface area contributed by atoms with Gasteiger partial charge in [0.25, 0.3) is 5.91 Å². The number of alkyl halides is 1. The van der Waals surface area contributed by atoms with Crippen LogP contribution in [-0.2, 0) is 6.42 Å². The summed E-state index contributed by atoms with van der Waals surface area (Å²) in [6.07, 6.45) is 3.86. The Bertz CT molecular complexity index is 396. The summed E-state index contributed by atoms with van der Waals surface area (Å²) in [7, 11) is 0. The fraction of sp³-hybridized carbons (Fsp3) is 0.769.